The van der Waals surface area contributed by atoms with Gasteiger partial charge in [0.25, 0.3) is 0 Å². The number of benzene rings is 2. The summed E-state index contributed by atoms with van der Waals surface area (Å²) >= 11 is 0. The minimum atomic E-state index is -0.245. The molecule has 0 saturated heterocycles. The molecule has 2 aromatic rings. The third kappa shape index (κ3) is 6.45. The van der Waals surface area contributed by atoms with E-state index in [9.17, 15) is 9.90 Å². The molecule has 2 aromatic carbocycles. The van der Waals surface area contributed by atoms with Crippen LogP contribution in [0.1, 0.15) is 43.9 Å². The van der Waals surface area contributed by atoms with Gasteiger partial charge in [0.05, 0.1) is 18.8 Å². The molecule has 3 rings (SSSR count). The van der Waals surface area contributed by atoms with Crippen molar-refractivity contribution in [3.8, 4) is 11.5 Å². The number of carbonyl (C=O) groups excluding carboxylic acids is 1. The van der Waals surface area contributed by atoms with E-state index in [4.69, 9.17) is 9.47 Å². The van der Waals surface area contributed by atoms with E-state index < -0.39 is 0 Å². The molecule has 6 nitrogen and oxygen atoms in total. The van der Waals surface area contributed by atoms with Crippen molar-refractivity contribution in [2.45, 2.75) is 58.8 Å². The van der Waals surface area contributed by atoms with Gasteiger partial charge >= 0.3 is 0 Å². The molecule has 0 saturated carbocycles. The van der Waals surface area contributed by atoms with Gasteiger partial charge in [-0.2, -0.15) is 0 Å². The number of phenolic OH excluding ortho intramolecular Hbond substituents is 1. The number of phenols is 1. The van der Waals surface area contributed by atoms with E-state index in [2.05, 4.69) is 22.3 Å². The van der Waals surface area contributed by atoms with Crippen molar-refractivity contribution in [2.75, 3.05) is 19.8 Å². The molecule has 0 radical (unpaired) electrons. The van der Waals surface area contributed by atoms with Crippen molar-refractivity contribution < 1.29 is 19.4 Å². The number of fused-ring (bicyclic) bond motifs is 1. The van der Waals surface area contributed by atoms with Crippen LogP contribution in [0.5, 0.6) is 11.5 Å². The van der Waals surface area contributed by atoms with Crippen LogP contribution in [-0.2, 0) is 29.0 Å². The first-order valence-electron chi connectivity index (χ1n) is 11.1. The number of nitrogens with zero attached hydrogens (tertiary/aromatic N) is 1. The molecule has 31 heavy (non-hydrogen) atoms. The number of nitrogens with one attached hydrogen (secondary N) is 1. The summed E-state index contributed by atoms with van der Waals surface area (Å²) in [7, 11) is 0. The van der Waals surface area contributed by atoms with E-state index in [1.54, 1.807) is 6.07 Å². The maximum Gasteiger partial charge on any atom is 0.237 e. The van der Waals surface area contributed by atoms with E-state index in [1.807, 2.05) is 45.0 Å². The molecule has 0 bridgehead atoms. The average molecular weight is 427 g/mol. The summed E-state index contributed by atoms with van der Waals surface area (Å²) in [6.45, 7) is 8.94. The standard InChI is InChI=1S/C25H34N2O4/c1-4-30-24-14-19(10-11-23(24)28)16-27-17-21-9-6-5-8-20(21)15-22(27)25(29)26-12-7-13-31-18(2)3/h5-6,8-11,14,18,22,28H,4,7,12-13,15-17H2,1-3H3,(H,26,29). The second-order valence-electron chi connectivity index (χ2n) is 8.19. The van der Waals surface area contributed by atoms with Gasteiger partial charge in [-0.05, 0) is 62.4 Å². The Morgan fingerprint density at radius 2 is 2.00 bits per heavy atom. The predicted molar refractivity (Wildman–Crippen MR) is 121 cm³/mol. The lowest BCUT2D eigenvalue weighted by atomic mass is 9.93. The Kier molecular flexibility index (Phi) is 8.32. The molecule has 6 heteroatoms. The molecule has 0 fully saturated rings. The summed E-state index contributed by atoms with van der Waals surface area (Å²) < 4.78 is 11.1. The van der Waals surface area contributed by atoms with Gasteiger partial charge in [-0.3, -0.25) is 9.69 Å². The number of hydrogen-bond acceptors (Lipinski definition) is 5. The van der Waals surface area contributed by atoms with Gasteiger partial charge in [-0.25, -0.2) is 0 Å². The molecule has 0 aliphatic carbocycles. The summed E-state index contributed by atoms with van der Waals surface area (Å²) in [5.41, 5.74) is 3.48. The molecule has 168 valence electrons. The van der Waals surface area contributed by atoms with Crippen LogP contribution >= 0.6 is 0 Å². The molecule has 1 atom stereocenters. The molecule has 1 aliphatic rings. The quantitative estimate of drug-likeness (QED) is 0.568. The van der Waals surface area contributed by atoms with Crippen molar-refractivity contribution in [1.82, 2.24) is 10.2 Å². The smallest absolute Gasteiger partial charge is 0.237 e. The summed E-state index contributed by atoms with van der Waals surface area (Å²) in [5.74, 6) is 0.652. The Morgan fingerprint density at radius 1 is 1.23 bits per heavy atom. The summed E-state index contributed by atoms with van der Waals surface area (Å²) in [6, 6.07) is 13.5. The topological polar surface area (TPSA) is 71.0 Å². The zero-order valence-corrected chi connectivity index (χ0v) is 18.8. The second-order valence-corrected chi connectivity index (χ2v) is 8.19. The van der Waals surface area contributed by atoms with Gasteiger partial charge in [-0.15, -0.1) is 0 Å². The summed E-state index contributed by atoms with van der Waals surface area (Å²) in [5, 5.41) is 13.1. The number of amides is 1. The van der Waals surface area contributed by atoms with Crippen molar-refractivity contribution in [1.29, 1.82) is 0 Å². The molecule has 1 unspecified atom stereocenters. The van der Waals surface area contributed by atoms with Gasteiger partial charge in [0.2, 0.25) is 5.91 Å². The van der Waals surface area contributed by atoms with Gasteiger partial charge < -0.3 is 19.9 Å². The lowest BCUT2D eigenvalue weighted by Gasteiger charge is -2.36. The first-order valence-corrected chi connectivity index (χ1v) is 11.1. The maximum absolute atomic E-state index is 13.1. The Labute approximate surface area is 185 Å². The van der Waals surface area contributed by atoms with E-state index >= 15 is 0 Å². The van der Waals surface area contributed by atoms with Crippen LogP contribution < -0.4 is 10.1 Å². The largest absolute Gasteiger partial charge is 0.504 e. The minimum Gasteiger partial charge on any atom is -0.504 e. The van der Waals surface area contributed by atoms with E-state index in [0.717, 1.165) is 12.0 Å². The highest BCUT2D eigenvalue weighted by Gasteiger charge is 2.31. The third-order valence-corrected chi connectivity index (χ3v) is 5.43. The fourth-order valence-electron chi connectivity index (χ4n) is 3.89. The Balaban J connectivity index is 1.71. The van der Waals surface area contributed by atoms with Crippen LogP contribution in [0.3, 0.4) is 0 Å². The number of carbonyl (C=O) groups is 1. The molecule has 0 aromatic heterocycles. The Hall–Kier alpha value is -2.57. The lowest BCUT2D eigenvalue weighted by Crippen LogP contribution is -2.50. The number of hydrogen-bond donors (Lipinski definition) is 2. The van der Waals surface area contributed by atoms with Crippen LogP contribution in [0.2, 0.25) is 0 Å². The van der Waals surface area contributed by atoms with E-state index in [0.29, 0.717) is 45.0 Å². The van der Waals surface area contributed by atoms with Crippen LogP contribution in [0.25, 0.3) is 0 Å². The third-order valence-electron chi connectivity index (χ3n) is 5.43. The highest BCUT2D eigenvalue weighted by Crippen LogP contribution is 2.30. The normalized spacial score (nSPS) is 16.2. The highest BCUT2D eigenvalue weighted by atomic mass is 16.5. The molecule has 1 amide bonds. The monoisotopic (exact) mass is 426 g/mol. The fourth-order valence-corrected chi connectivity index (χ4v) is 3.89. The second kappa shape index (κ2) is 11.2. The molecular weight excluding hydrogens is 392 g/mol. The lowest BCUT2D eigenvalue weighted by molar-refractivity contribution is -0.127. The molecule has 2 N–H and O–H groups in total. The van der Waals surface area contributed by atoms with Crippen LogP contribution in [0.15, 0.2) is 42.5 Å². The fraction of sp³-hybridized carbons (Fsp3) is 0.480. The van der Waals surface area contributed by atoms with Gasteiger partial charge in [-0.1, -0.05) is 30.3 Å². The summed E-state index contributed by atoms with van der Waals surface area (Å²) in [6.07, 6.45) is 1.68. The van der Waals surface area contributed by atoms with Crippen LogP contribution in [0.4, 0.5) is 0 Å². The molecule has 1 heterocycles. The van der Waals surface area contributed by atoms with Crippen molar-refractivity contribution >= 4 is 5.91 Å². The minimum absolute atomic E-state index is 0.0443. The predicted octanol–water partition coefficient (Wildman–Crippen LogP) is 3.65. The van der Waals surface area contributed by atoms with Gasteiger partial charge in [0.15, 0.2) is 11.5 Å². The first-order chi connectivity index (χ1) is 15.0. The zero-order chi connectivity index (χ0) is 22.2. The van der Waals surface area contributed by atoms with Crippen LogP contribution in [-0.4, -0.2) is 47.8 Å². The average Bonchev–Trinajstić information content (AvgIpc) is 2.75. The van der Waals surface area contributed by atoms with E-state index in [1.165, 1.54) is 11.1 Å². The molecule has 0 spiro atoms. The van der Waals surface area contributed by atoms with E-state index in [-0.39, 0.29) is 23.8 Å². The first kappa shape index (κ1) is 23.1. The molecular formula is C25H34N2O4. The van der Waals surface area contributed by atoms with Crippen molar-refractivity contribution in [3.05, 3.63) is 59.2 Å². The number of rotatable bonds is 10. The van der Waals surface area contributed by atoms with Crippen LogP contribution in [0, 0.1) is 0 Å². The number of ether oxygens (including phenoxy) is 2. The summed E-state index contributed by atoms with van der Waals surface area (Å²) in [4.78, 5) is 15.3. The Bertz CT molecular complexity index is 868. The number of aromatic hydroxyl groups is 1. The highest BCUT2D eigenvalue weighted by molar-refractivity contribution is 5.82. The van der Waals surface area contributed by atoms with Gasteiger partial charge in [0, 0.05) is 26.2 Å². The maximum atomic E-state index is 13.1. The Morgan fingerprint density at radius 3 is 2.74 bits per heavy atom. The van der Waals surface area contributed by atoms with Crippen molar-refractivity contribution in [3.63, 3.8) is 0 Å². The van der Waals surface area contributed by atoms with Gasteiger partial charge in [0.1, 0.15) is 0 Å². The molecule has 1 aliphatic heterocycles. The van der Waals surface area contributed by atoms with Crippen molar-refractivity contribution in [2.24, 2.45) is 0 Å². The SMILES string of the molecule is CCOc1cc(CN2Cc3ccccc3CC2C(=O)NCCCOC(C)C)ccc1O. The zero-order valence-electron chi connectivity index (χ0n) is 18.8.